The van der Waals surface area contributed by atoms with Crippen LogP contribution in [-0.4, -0.2) is 18.2 Å². The van der Waals surface area contributed by atoms with Crippen LogP contribution < -0.4 is 0 Å². The third kappa shape index (κ3) is 3.16. The molecule has 0 bridgehead atoms. The van der Waals surface area contributed by atoms with Crippen molar-refractivity contribution >= 4 is 25.8 Å². The third-order valence-corrected chi connectivity index (χ3v) is 1.54. The highest BCUT2D eigenvalue weighted by Crippen LogP contribution is 2.48. The number of hydrogen-bond donors (Lipinski definition) is 0. The van der Waals surface area contributed by atoms with Gasteiger partial charge in [0, 0.05) is 0 Å². The van der Waals surface area contributed by atoms with E-state index in [1.807, 2.05) is 0 Å². The van der Waals surface area contributed by atoms with Crippen LogP contribution in [-0.2, 0) is 18.9 Å². The summed E-state index contributed by atoms with van der Waals surface area (Å²) in [5.74, 6) is 0. The van der Waals surface area contributed by atoms with Gasteiger partial charge in [0.25, 0.3) is 0 Å². The van der Waals surface area contributed by atoms with E-state index in [-0.39, 0.29) is 0 Å². The minimum atomic E-state index is -4.12. The smallest absolute Gasteiger partial charge is 0.242 e. The highest BCUT2D eigenvalue weighted by molar-refractivity contribution is 7.60. The van der Waals surface area contributed by atoms with Gasteiger partial charge in [-0.3, -0.25) is 0 Å². The van der Waals surface area contributed by atoms with E-state index in [0.717, 1.165) is 18.2 Å². The molecule has 0 aromatic rings. The summed E-state index contributed by atoms with van der Waals surface area (Å²) in [6, 6.07) is 0. The second-order valence-corrected chi connectivity index (χ2v) is 2.71. The van der Waals surface area contributed by atoms with Gasteiger partial charge in [-0.1, -0.05) is 0 Å². The minimum absolute atomic E-state index is 0.845. The fourth-order valence-corrected chi connectivity index (χ4v) is 0.680. The molecule has 0 fully saturated rings. The first-order valence-corrected chi connectivity index (χ1v) is 3.63. The average Bonchev–Trinajstić information content (AvgIpc) is 1.88. The Bertz CT molecular complexity index is 278. The molecule has 0 rings (SSSR count). The molecule has 0 aliphatic heterocycles. The van der Waals surface area contributed by atoms with Crippen molar-refractivity contribution in [1.29, 1.82) is 0 Å². The third-order valence-electron chi connectivity index (χ3n) is 0.513. The summed E-state index contributed by atoms with van der Waals surface area (Å²) in [6.45, 7) is 0. The Morgan fingerprint density at radius 1 is 0.818 bits per heavy atom. The molecule has 7 nitrogen and oxygen atoms in total. The van der Waals surface area contributed by atoms with Crippen molar-refractivity contribution in [3.05, 3.63) is 0 Å². The normalized spacial score (nSPS) is 12.7. The van der Waals surface area contributed by atoms with Gasteiger partial charge in [0.1, 0.15) is 0 Å². The van der Waals surface area contributed by atoms with Crippen LogP contribution in [0.4, 0.5) is 0 Å². The molecule has 0 spiro atoms. The molecule has 0 amide bonds. The van der Waals surface area contributed by atoms with E-state index in [9.17, 15) is 18.9 Å². The molecule has 0 atom stereocenters. The van der Waals surface area contributed by atoms with Gasteiger partial charge >= 0.3 is 7.59 Å². The molecule has 0 saturated heterocycles. The predicted octanol–water partition coefficient (Wildman–Crippen LogP) is 0.102. The van der Waals surface area contributed by atoms with Crippen LogP contribution in [0, 0.1) is 0 Å². The molecule has 0 unspecified atom stereocenters. The quantitative estimate of drug-likeness (QED) is 0.342. The maximum absolute atomic E-state index is 10.7. The van der Waals surface area contributed by atoms with Crippen LogP contribution in [0.5, 0.6) is 0 Å². The molecular weight excluding hydrogens is 173 g/mol. The van der Waals surface area contributed by atoms with E-state index in [0.29, 0.717) is 0 Å². The maximum atomic E-state index is 10.7. The molecular formula is C3N3O4P. The van der Waals surface area contributed by atoms with Crippen molar-refractivity contribution in [2.75, 3.05) is 0 Å². The Kier molecular flexibility index (Phi) is 3.60. The second kappa shape index (κ2) is 4.23. The van der Waals surface area contributed by atoms with Crippen LogP contribution in [0.1, 0.15) is 0 Å². The lowest BCUT2D eigenvalue weighted by Gasteiger charge is -1.87. The molecule has 11 heavy (non-hydrogen) atoms. The predicted molar refractivity (Wildman–Crippen MR) is 32.0 cm³/mol. The van der Waals surface area contributed by atoms with Crippen molar-refractivity contribution < 1.29 is 18.9 Å². The van der Waals surface area contributed by atoms with E-state index < -0.39 is 7.59 Å². The molecule has 56 valence electrons. The maximum Gasteiger partial charge on any atom is 0.446 e. The Balaban J connectivity index is 5.13. The van der Waals surface area contributed by atoms with Crippen molar-refractivity contribution in [3.8, 4) is 0 Å². The molecule has 0 aromatic carbocycles. The lowest BCUT2D eigenvalue weighted by molar-refractivity contribution is 0.556. The molecule has 0 aromatic heterocycles. The van der Waals surface area contributed by atoms with Crippen LogP contribution in [0.3, 0.4) is 0 Å². The highest BCUT2D eigenvalue weighted by Gasteiger charge is 2.17. The van der Waals surface area contributed by atoms with Crippen LogP contribution in [0.25, 0.3) is 0 Å². The first-order chi connectivity index (χ1) is 5.18. The summed E-state index contributed by atoms with van der Waals surface area (Å²) in [6.07, 6.45) is 2.53. The first-order valence-electron chi connectivity index (χ1n) is 2.07. The van der Waals surface area contributed by atoms with Gasteiger partial charge in [-0.15, -0.1) is 14.3 Å². The Morgan fingerprint density at radius 2 is 1.09 bits per heavy atom. The highest BCUT2D eigenvalue weighted by atomic mass is 31.2. The number of hydrogen-bond acceptors (Lipinski definition) is 4. The molecule has 0 saturated carbocycles. The largest absolute Gasteiger partial charge is 0.446 e. The SMILES string of the molecule is O=C=NP(=O)(N=C=O)N=C=O. The van der Waals surface area contributed by atoms with Crippen molar-refractivity contribution in [2.45, 2.75) is 0 Å². The van der Waals surface area contributed by atoms with E-state index in [1.54, 1.807) is 0 Å². The Labute approximate surface area is 60.1 Å². The molecule has 8 heteroatoms. The summed E-state index contributed by atoms with van der Waals surface area (Å²) in [5.41, 5.74) is 0. The molecule has 0 heterocycles. The molecule has 0 radical (unpaired) electrons. The number of rotatable bonds is 3. The fourth-order valence-electron chi connectivity index (χ4n) is 0.227. The summed E-state index contributed by atoms with van der Waals surface area (Å²) < 4.78 is 18.3. The topological polar surface area (TPSA) is 105 Å². The van der Waals surface area contributed by atoms with Gasteiger partial charge in [0.15, 0.2) is 0 Å². The summed E-state index contributed by atoms with van der Waals surface area (Å²) in [5, 5.41) is 0. The van der Waals surface area contributed by atoms with Crippen LogP contribution >= 0.6 is 7.59 Å². The van der Waals surface area contributed by atoms with Crippen molar-refractivity contribution in [3.63, 3.8) is 0 Å². The zero-order chi connectivity index (χ0) is 8.74. The van der Waals surface area contributed by atoms with Crippen molar-refractivity contribution in [1.82, 2.24) is 0 Å². The average molecular weight is 173 g/mol. The lowest BCUT2D eigenvalue weighted by atomic mass is 11.7. The zero-order valence-corrected chi connectivity index (χ0v) is 5.82. The molecule has 0 aliphatic rings. The van der Waals surface area contributed by atoms with Gasteiger partial charge in [-0.05, 0) is 0 Å². The van der Waals surface area contributed by atoms with E-state index in [1.165, 1.54) is 0 Å². The lowest BCUT2D eigenvalue weighted by Crippen LogP contribution is -1.66. The number of carbonyl (C=O) groups excluding carboxylic acids is 3. The van der Waals surface area contributed by atoms with Crippen LogP contribution in [0.2, 0.25) is 0 Å². The van der Waals surface area contributed by atoms with Gasteiger partial charge in [0.05, 0.1) is 0 Å². The van der Waals surface area contributed by atoms with Crippen LogP contribution in [0.15, 0.2) is 14.3 Å². The Hall–Kier alpha value is -1.63. The van der Waals surface area contributed by atoms with Crippen molar-refractivity contribution in [2.24, 2.45) is 14.3 Å². The number of nitrogens with zero attached hydrogens (tertiary/aromatic N) is 3. The fraction of sp³-hybridized carbons (Fsp3) is 0. The van der Waals surface area contributed by atoms with Gasteiger partial charge in [-0.2, -0.15) is 0 Å². The first kappa shape index (κ1) is 9.37. The monoisotopic (exact) mass is 173 g/mol. The molecule has 0 aliphatic carbocycles. The summed E-state index contributed by atoms with van der Waals surface area (Å²) in [4.78, 5) is 28.6. The molecule has 0 N–H and O–H groups in total. The van der Waals surface area contributed by atoms with E-state index >= 15 is 0 Å². The van der Waals surface area contributed by atoms with Gasteiger partial charge in [-0.25, -0.2) is 18.9 Å². The standard InChI is InChI=1S/C3N3O4P/c7-1-4-11(10,5-2-8)6-3-9. The minimum Gasteiger partial charge on any atom is -0.242 e. The summed E-state index contributed by atoms with van der Waals surface area (Å²) in [7, 11) is -4.12. The number of isocyanates is 3. The van der Waals surface area contributed by atoms with Gasteiger partial charge < -0.3 is 0 Å². The summed E-state index contributed by atoms with van der Waals surface area (Å²) >= 11 is 0. The second-order valence-electron chi connectivity index (χ2n) is 1.09. The zero-order valence-electron chi connectivity index (χ0n) is 4.92. The van der Waals surface area contributed by atoms with Gasteiger partial charge in [0.2, 0.25) is 18.2 Å². The van der Waals surface area contributed by atoms with E-state index in [2.05, 4.69) is 14.3 Å². The Morgan fingerprint density at radius 3 is 1.27 bits per heavy atom. The van der Waals surface area contributed by atoms with E-state index in [4.69, 9.17) is 0 Å².